The quantitative estimate of drug-likeness (QED) is 0.501. The minimum Gasteiger partial charge on any atom is -0.379 e. The molecule has 0 N–H and O–H groups in total. The van der Waals surface area contributed by atoms with Crippen LogP contribution in [0.2, 0.25) is 0 Å². The first kappa shape index (κ1) is 17.0. The topological polar surface area (TPSA) is 69.9 Å². The highest BCUT2D eigenvalue weighted by molar-refractivity contribution is 8.07. The molecule has 0 aromatic carbocycles. The summed E-state index contributed by atoms with van der Waals surface area (Å²) < 4.78 is 27.0. The fourth-order valence-corrected chi connectivity index (χ4v) is 3.16. The second kappa shape index (κ2) is 8.28. The molecule has 0 bridgehead atoms. The minimum absolute atomic E-state index is 0.00517. The predicted molar refractivity (Wildman–Crippen MR) is 73.2 cm³/mol. The average molecular weight is 309 g/mol. The highest BCUT2D eigenvalue weighted by Crippen LogP contribution is 2.49. The Bertz CT molecular complexity index is 361. The number of nitriles is 1. The fraction of sp³-hybridized carbons (Fsp3) is 0.909. The second-order valence-corrected chi connectivity index (χ2v) is 7.28. The standard InChI is InChI=1S/C11H20NO5PS/c1-9-7-10(13-2)11(17-9)8-16-18(19,14-3)15-6-4-5-12/h9-11H,4,6-8H2,1-3H3/t9-,10-,11+,18?/m0/s1. The van der Waals surface area contributed by atoms with Crippen LogP contribution in [0.25, 0.3) is 0 Å². The van der Waals surface area contributed by atoms with Gasteiger partial charge >= 0.3 is 6.72 Å². The zero-order chi connectivity index (χ0) is 14.3. The molecule has 0 aromatic heterocycles. The van der Waals surface area contributed by atoms with Crippen molar-refractivity contribution in [2.75, 3.05) is 27.4 Å². The van der Waals surface area contributed by atoms with Crippen molar-refractivity contribution in [3.05, 3.63) is 0 Å². The van der Waals surface area contributed by atoms with E-state index < -0.39 is 6.72 Å². The van der Waals surface area contributed by atoms with E-state index in [0.29, 0.717) is 0 Å². The molecule has 1 aliphatic rings. The molecule has 1 fully saturated rings. The third kappa shape index (κ3) is 5.44. The lowest BCUT2D eigenvalue weighted by molar-refractivity contribution is -0.0286. The predicted octanol–water partition coefficient (Wildman–Crippen LogP) is 2.00. The van der Waals surface area contributed by atoms with E-state index in [1.165, 1.54) is 7.11 Å². The maximum atomic E-state index is 8.46. The maximum absolute atomic E-state index is 8.46. The maximum Gasteiger partial charge on any atom is 0.327 e. The third-order valence-corrected chi connectivity index (χ3v) is 5.26. The molecule has 1 rings (SSSR count). The Hall–Kier alpha value is -0.0600. The van der Waals surface area contributed by atoms with Crippen LogP contribution in [0.4, 0.5) is 0 Å². The minimum atomic E-state index is -2.79. The summed E-state index contributed by atoms with van der Waals surface area (Å²) in [6.45, 7) is -0.335. The zero-order valence-corrected chi connectivity index (χ0v) is 13.1. The van der Waals surface area contributed by atoms with E-state index in [2.05, 4.69) is 0 Å². The van der Waals surface area contributed by atoms with Crippen molar-refractivity contribution < 1.29 is 23.0 Å². The summed E-state index contributed by atoms with van der Waals surface area (Å²) in [7, 11) is 3.09. The van der Waals surface area contributed by atoms with Gasteiger partial charge in [0.05, 0.1) is 37.9 Å². The van der Waals surface area contributed by atoms with Crippen LogP contribution >= 0.6 is 6.72 Å². The lowest BCUT2D eigenvalue weighted by Crippen LogP contribution is -2.28. The van der Waals surface area contributed by atoms with Gasteiger partial charge in [0.15, 0.2) is 0 Å². The molecule has 1 unspecified atom stereocenters. The molecule has 6 nitrogen and oxygen atoms in total. The van der Waals surface area contributed by atoms with Crippen LogP contribution in [0.5, 0.6) is 0 Å². The van der Waals surface area contributed by atoms with E-state index in [-0.39, 0.29) is 37.9 Å². The zero-order valence-electron chi connectivity index (χ0n) is 11.4. The number of hydrogen-bond acceptors (Lipinski definition) is 7. The summed E-state index contributed by atoms with van der Waals surface area (Å²) >= 11 is 5.19. The van der Waals surface area contributed by atoms with Crippen molar-refractivity contribution in [1.82, 2.24) is 0 Å². The van der Waals surface area contributed by atoms with E-state index in [0.717, 1.165) is 6.42 Å². The van der Waals surface area contributed by atoms with Crippen molar-refractivity contribution in [3.8, 4) is 6.07 Å². The molecule has 4 atom stereocenters. The fourth-order valence-electron chi connectivity index (χ4n) is 1.83. The molecule has 8 heteroatoms. The van der Waals surface area contributed by atoms with E-state index >= 15 is 0 Å². The summed E-state index contributed by atoms with van der Waals surface area (Å²) in [4.78, 5) is 0. The largest absolute Gasteiger partial charge is 0.379 e. The van der Waals surface area contributed by atoms with Crippen molar-refractivity contribution in [2.24, 2.45) is 0 Å². The molecule has 0 radical (unpaired) electrons. The Morgan fingerprint density at radius 2 is 2.16 bits per heavy atom. The molecule has 1 heterocycles. The van der Waals surface area contributed by atoms with Gasteiger partial charge in [-0.05, 0) is 18.7 Å². The third-order valence-electron chi connectivity index (χ3n) is 2.77. The van der Waals surface area contributed by atoms with Gasteiger partial charge in [-0.15, -0.1) is 0 Å². The molecule has 0 amide bonds. The number of nitrogens with zero attached hydrogens (tertiary/aromatic N) is 1. The summed E-state index contributed by atoms with van der Waals surface area (Å²) in [6, 6.07) is 1.97. The highest BCUT2D eigenvalue weighted by Gasteiger charge is 2.34. The molecule has 110 valence electrons. The van der Waals surface area contributed by atoms with E-state index in [4.69, 9.17) is 40.1 Å². The summed E-state index contributed by atoms with van der Waals surface area (Å²) in [5.74, 6) is 0. The summed E-state index contributed by atoms with van der Waals surface area (Å²) in [5, 5.41) is 8.46. The van der Waals surface area contributed by atoms with Gasteiger partial charge in [-0.25, -0.2) is 0 Å². The van der Waals surface area contributed by atoms with Crippen LogP contribution in [-0.2, 0) is 34.9 Å². The summed E-state index contributed by atoms with van der Waals surface area (Å²) in [6.07, 6.45) is 1.04. The highest BCUT2D eigenvalue weighted by atomic mass is 32.5. The molecular weight excluding hydrogens is 289 g/mol. The first-order valence-corrected chi connectivity index (χ1v) is 8.60. The molecule has 19 heavy (non-hydrogen) atoms. The van der Waals surface area contributed by atoms with E-state index in [9.17, 15) is 0 Å². The first-order chi connectivity index (χ1) is 9.04. The Kier molecular flexibility index (Phi) is 7.40. The number of methoxy groups -OCH3 is 1. The summed E-state index contributed by atoms with van der Waals surface area (Å²) in [5.41, 5.74) is 0. The van der Waals surface area contributed by atoms with Gasteiger partial charge in [-0.3, -0.25) is 0 Å². The van der Waals surface area contributed by atoms with Crippen LogP contribution in [-0.4, -0.2) is 45.7 Å². The van der Waals surface area contributed by atoms with Crippen LogP contribution in [0.1, 0.15) is 19.8 Å². The van der Waals surface area contributed by atoms with Crippen LogP contribution in [0, 0.1) is 11.3 Å². The molecule has 0 spiro atoms. The van der Waals surface area contributed by atoms with Crippen molar-refractivity contribution >= 4 is 18.5 Å². The smallest absolute Gasteiger partial charge is 0.327 e. The molecule has 1 aliphatic heterocycles. The van der Waals surface area contributed by atoms with Gasteiger partial charge in [-0.2, -0.15) is 5.26 Å². The Morgan fingerprint density at radius 3 is 2.74 bits per heavy atom. The normalized spacial score (nSPS) is 29.9. The van der Waals surface area contributed by atoms with Crippen LogP contribution in [0.3, 0.4) is 0 Å². The van der Waals surface area contributed by atoms with Gasteiger partial charge < -0.3 is 23.0 Å². The van der Waals surface area contributed by atoms with Crippen molar-refractivity contribution in [3.63, 3.8) is 0 Å². The molecule has 0 aliphatic carbocycles. The molecule has 0 saturated carbocycles. The van der Waals surface area contributed by atoms with Gasteiger partial charge in [0.1, 0.15) is 6.10 Å². The Balaban J connectivity index is 2.44. The lowest BCUT2D eigenvalue weighted by Gasteiger charge is -2.23. The van der Waals surface area contributed by atoms with Gasteiger partial charge in [0.2, 0.25) is 0 Å². The van der Waals surface area contributed by atoms with E-state index in [1.54, 1.807) is 7.11 Å². The van der Waals surface area contributed by atoms with Crippen LogP contribution < -0.4 is 0 Å². The number of ether oxygens (including phenoxy) is 2. The molecule has 1 saturated heterocycles. The van der Waals surface area contributed by atoms with Gasteiger partial charge in [-0.1, -0.05) is 0 Å². The van der Waals surface area contributed by atoms with Crippen LogP contribution in [0.15, 0.2) is 0 Å². The average Bonchev–Trinajstić information content (AvgIpc) is 2.77. The number of hydrogen-bond donors (Lipinski definition) is 0. The van der Waals surface area contributed by atoms with Gasteiger partial charge in [0, 0.05) is 20.6 Å². The lowest BCUT2D eigenvalue weighted by atomic mass is 10.1. The second-order valence-electron chi connectivity index (χ2n) is 4.16. The van der Waals surface area contributed by atoms with Crippen molar-refractivity contribution in [1.29, 1.82) is 5.26 Å². The Morgan fingerprint density at radius 1 is 1.42 bits per heavy atom. The van der Waals surface area contributed by atoms with E-state index in [1.807, 2.05) is 13.0 Å². The molecular formula is C11H20NO5PS. The Labute approximate surface area is 119 Å². The first-order valence-electron chi connectivity index (χ1n) is 6.04. The SMILES string of the molecule is CO[C@H]1C[C@H](C)O[C@@H]1COP(=S)(OC)OCCC#N. The monoisotopic (exact) mass is 309 g/mol. The van der Waals surface area contributed by atoms with Gasteiger partial charge in [0.25, 0.3) is 0 Å². The molecule has 0 aromatic rings. The number of rotatable bonds is 8. The van der Waals surface area contributed by atoms with Crippen molar-refractivity contribution in [2.45, 2.75) is 38.1 Å².